The predicted molar refractivity (Wildman–Crippen MR) is 123 cm³/mol. The minimum absolute atomic E-state index is 0.0579. The maximum Gasteiger partial charge on any atom is 0.251 e. The summed E-state index contributed by atoms with van der Waals surface area (Å²) in [5.74, 6) is 0.799. The van der Waals surface area contributed by atoms with Gasteiger partial charge in [-0.2, -0.15) is 5.53 Å². The zero-order valence-corrected chi connectivity index (χ0v) is 17.2. The van der Waals surface area contributed by atoms with Gasteiger partial charge in [-0.15, -0.1) is 16.4 Å². The van der Waals surface area contributed by atoms with Gasteiger partial charge in [-0.1, -0.05) is 23.4 Å². The van der Waals surface area contributed by atoms with E-state index in [1.54, 1.807) is 11.3 Å². The van der Waals surface area contributed by atoms with Gasteiger partial charge in [-0.25, -0.2) is 4.98 Å². The lowest BCUT2D eigenvalue weighted by molar-refractivity contribution is 0.0951. The smallest absolute Gasteiger partial charge is 0.251 e. The fraction of sp³-hybridized carbons (Fsp3) is 0.136. The number of nitrogens with one attached hydrogen (secondary N) is 3. The fourth-order valence-electron chi connectivity index (χ4n) is 3.44. The van der Waals surface area contributed by atoms with Crippen LogP contribution in [-0.4, -0.2) is 22.8 Å². The van der Waals surface area contributed by atoms with E-state index in [0.717, 1.165) is 39.5 Å². The predicted octanol–water partition coefficient (Wildman–Crippen LogP) is 4.74. The van der Waals surface area contributed by atoms with Crippen LogP contribution >= 0.6 is 11.3 Å². The number of nitrogens with two attached hydrogens (primary N) is 1. The number of nitrogens with zero attached hydrogens (tertiary/aromatic N) is 3. The Kier molecular flexibility index (Phi) is 4.79. The summed E-state index contributed by atoms with van der Waals surface area (Å²) in [6, 6.07) is 15.4. The number of carbonyl (C=O) groups is 1. The maximum atomic E-state index is 12.4. The zero-order chi connectivity index (χ0) is 21.4. The SMILES string of the molecule is N=N/N=C(\N)c1ccc2c(c1)nc(Nc1cccc(C(=O)NC3CC3)c1)c1ccsc12. The van der Waals surface area contributed by atoms with Crippen LogP contribution in [0, 0.1) is 5.53 Å². The largest absolute Gasteiger partial charge is 0.382 e. The molecule has 1 fully saturated rings. The summed E-state index contributed by atoms with van der Waals surface area (Å²) in [7, 11) is 0. The van der Waals surface area contributed by atoms with Crippen molar-refractivity contribution in [1.29, 1.82) is 5.53 Å². The summed E-state index contributed by atoms with van der Waals surface area (Å²) in [6.07, 6.45) is 2.10. The van der Waals surface area contributed by atoms with E-state index in [1.165, 1.54) is 0 Å². The second-order valence-electron chi connectivity index (χ2n) is 7.39. The Morgan fingerprint density at radius 1 is 1.13 bits per heavy atom. The number of benzene rings is 2. The topological polar surface area (TPSA) is 129 Å². The molecule has 4 aromatic rings. The monoisotopic (exact) mass is 429 g/mol. The Morgan fingerprint density at radius 2 is 2.00 bits per heavy atom. The number of pyridine rings is 1. The molecule has 154 valence electrons. The lowest BCUT2D eigenvalue weighted by Gasteiger charge is -2.11. The molecule has 8 nitrogen and oxygen atoms in total. The Morgan fingerprint density at radius 3 is 2.81 bits per heavy atom. The third kappa shape index (κ3) is 3.82. The Balaban J connectivity index is 1.54. The molecule has 9 heteroatoms. The number of fused-ring (bicyclic) bond motifs is 3. The summed E-state index contributed by atoms with van der Waals surface area (Å²) in [5, 5.41) is 17.0. The molecule has 0 spiro atoms. The van der Waals surface area contributed by atoms with Crippen molar-refractivity contribution in [3.63, 3.8) is 0 Å². The van der Waals surface area contributed by atoms with Gasteiger partial charge in [0.2, 0.25) is 0 Å². The van der Waals surface area contributed by atoms with Crippen molar-refractivity contribution >= 4 is 55.6 Å². The van der Waals surface area contributed by atoms with Crippen LogP contribution in [0.3, 0.4) is 0 Å². The standard InChI is InChI=1S/C22H19N7OS/c23-20(28-29-24)12-4-7-16-18(11-12)27-21(17-8-9-31-19(16)17)25-15-3-1-2-13(10-15)22(30)26-14-5-6-14/h1-4,7-11,14H,5-6H2,(H,25,27)(H,26,30)(H3,23,24,28). The molecule has 0 unspecified atom stereocenters. The highest BCUT2D eigenvalue weighted by atomic mass is 32.1. The molecule has 31 heavy (non-hydrogen) atoms. The quantitative estimate of drug-likeness (QED) is 0.153. The van der Waals surface area contributed by atoms with E-state index in [9.17, 15) is 4.79 Å². The maximum absolute atomic E-state index is 12.4. The summed E-state index contributed by atoms with van der Waals surface area (Å²) in [4.78, 5) is 17.2. The second-order valence-corrected chi connectivity index (χ2v) is 8.31. The molecule has 2 aromatic carbocycles. The molecule has 0 aliphatic heterocycles. The molecule has 1 amide bonds. The lowest BCUT2D eigenvalue weighted by Crippen LogP contribution is -2.25. The number of amides is 1. The van der Waals surface area contributed by atoms with E-state index in [1.807, 2.05) is 53.9 Å². The van der Waals surface area contributed by atoms with Crippen LogP contribution in [0.25, 0.3) is 21.0 Å². The first-order valence-corrected chi connectivity index (χ1v) is 10.7. The van der Waals surface area contributed by atoms with Crippen LogP contribution in [0.1, 0.15) is 28.8 Å². The lowest BCUT2D eigenvalue weighted by atomic mass is 10.1. The van der Waals surface area contributed by atoms with Gasteiger partial charge >= 0.3 is 0 Å². The van der Waals surface area contributed by atoms with Crippen LogP contribution in [0.4, 0.5) is 11.5 Å². The average Bonchev–Trinajstić information content (AvgIpc) is 3.44. The minimum atomic E-state index is -0.0579. The first-order chi connectivity index (χ1) is 15.1. The van der Waals surface area contributed by atoms with E-state index in [-0.39, 0.29) is 11.7 Å². The molecular weight excluding hydrogens is 410 g/mol. The van der Waals surface area contributed by atoms with Crippen molar-refractivity contribution in [3.8, 4) is 0 Å². The molecule has 0 radical (unpaired) electrons. The molecule has 1 saturated carbocycles. The Hall–Kier alpha value is -3.85. The highest BCUT2D eigenvalue weighted by Crippen LogP contribution is 2.35. The van der Waals surface area contributed by atoms with Crippen molar-refractivity contribution in [1.82, 2.24) is 10.3 Å². The molecule has 5 N–H and O–H groups in total. The first-order valence-electron chi connectivity index (χ1n) is 9.81. The van der Waals surface area contributed by atoms with Gasteiger partial charge < -0.3 is 16.4 Å². The van der Waals surface area contributed by atoms with Crippen molar-refractivity contribution in [2.45, 2.75) is 18.9 Å². The Labute approximate surface area is 181 Å². The highest BCUT2D eigenvalue weighted by Gasteiger charge is 2.23. The third-order valence-electron chi connectivity index (χ3n) is 5.15. The van der Waals surface area contributed by atoms with E-state index in [4.69, 9.17) is 16.2 Å². The van der Waals surface area contributed by atoms with Gasteiger partial charge in [0.1, 0.15) is 5.82 Å². The number of hydrogen-bond acceptors (Lipinski definition) is 6. The molecule has 5 rings (SSSR count). The molecule has 1 aliphatic rings. The number of aromatic nitrogens is 1. The number of hydrogen-bond donors (Lipinski definition) is 4. The van der Waals surface area contributed by atoms with Crippen molar-refractivity contribution in [2.75, 3.05) is 5.32 Å². The van der Waals surface area contributed by atoms with Crippen LogP contribution in [0.5, 0.6) is 0 Å². The van der Waals surface area contributed by atoms with Gasteiger partial charge in [-0.3, -0.25) is 4.79 Å². The van der Waals surface area contributed by atoms with Crippen molar-refractivity contribution in [2.24, 2.45) is 16.1 Å². The number of thiophene rings is 1. The normalized spacial score (nSPS) is 14.0. The number of anilines is 2. The van der Waals surface area contributed by atoms with E-state index < -0.39 is 0 Å². The summed E-state index contributed by atoms with van der Waals surface area (Å²) in [5.41, 5.74) is 15.6. The van der Waals surface area contributed by atoms with Gasteiger partial charge in [0.25, 0.3) is 5.91 Å². The fourth-order valence-corrected chi connectivity index (χ4v) is 4.37. The number of amidine groups is 1. The van der Waals surface area contributed by atoms with Gasteiger partial charge in [0.05, 0.1) is 5.52 Å². The third-order valence-corrected chi connectivity index (χ3v) is 6.10. The van der Waals surface area contributed by atoms with E-state index in [0.29, 0.717) is 23.0 Å². The van der Waals surface area contributed by atoms with Crippen LogP contribution in [-0.2, 0) is 0 Å². The van der Waals surface area contributed by atoms with E-state index >= 15 is 0 Å². The Bertz CT molecular complexity index is 1360. The molecule has 2 aromatic heterocycles. The molecule has 0 bridgehead atoms. The summed E-state index contributed by atoms with van der Waals surface area (Å²) >= 11 is 1.63. The van der Waals surface area contributed by atoms with Crippen molar-refractivity contribution in [3.05, 3.63) is 65.0 Å². The van der Waals surface area contributed by atoms with Crippen LogP contribution < -0.4 is 16.4 Å². The average molecular weight is 430 g/mol. The van der Waals surface area contributed by atoms with Crippen LogP contribution in [0.15, 0.2) is 64.2 Å². The zero-order valence-electron chi connectivity index (χ0n) is 16.4. The molecule has 2 heterocycles. The summed E-state index contributed by atoms with van der Waals surface area (Å²) < 4.78 is 1.10. The molecule has 1 aliphatic carbocycles. The number of rotatable bonds is 6. The summed E-state index contributed by atoms with van der Waals surface area (Å²) in [6.45, 7) is 0. The first kappa shape index (κ1) is 19.1. The molecule has 0 saturated heterocycles. The number of carbonyl (C=O) groups excluding carboxylic acids is 1. The van der Waals surface area contributed by atoms with Crippen LogP contribution in [0.2, 0.25) is 0 Å². The second kappa shape index (κ2) is 7.77. The van der Waals surface area contributed by atoms with Crippen molar-refractivity contribution < 1.29 is 4.79 Å². The van der Waals surface area contributed by atoms with Gasteiger partial charge in [-0.05, 0) is 48.6 Å². The van der Waals surface area contributed by atoms with Gasteiger partial charge in [0.15, 0.2) is 5.84 Å². The minimum Gasteiger partial charge on any atom is -0.382 e. The highest BCUT2D eigenvalue weighted by molar-refractivity contribution is 7.18. The van der Waals surface area contributed by atoms with E-state index in [2.05, 4.69) is 21.0 Å². The van der Waals surface area contributed by atoms with Gasteiger partial charge in [0, 0.05) is 38.3 Å². The molecular formula is C22H19N7OS. The molecule has 0 atom stereocenters.